The average Bonchev–Trinajstić information content (AvgIpc) is 3.03. The number of rotatable bonds is 1. The monoisotopic (exact) mass is 285 g/mol. The maximum Gasteiger partial charge on any atom is 0.410 e. The molecule has 0 saturated heterocycles. The summed E-state index contributed by atoms with van der Waals surface area (Å²) in [6.07, 6.45) is 1.75. The third-order valence-electron chi connectivity index (χ3n) is 3.35. The molecule has 0 fully saturated rings. The van der Waals surface area contributed by atoms with E-state index in [2.05, 4.69) is 10.2 Å². The summed E-state index contributed by atoms with van der Waals surface area (Å²) < 4.78 is 5.40. The molecular formula is C16H19N3O2. The minimum atomic E-state index is -0.473. The van der Waals surface area contributed by atoms with Gasteiger partial charge in [0.2, 0.25) is 0 Å². The molecule has 1 amide bonds. The zero-order chi connectivity index (χ0) is 15.0. The second-order valence-electron chi connectivity index (χ2n) is 6.21. The first-order valence-electron chi connectivity index (χ1n) is 7.04. The standard InChI is InChI=1S/C16H19N3O2/c1-16(2,3)21-15(20)19-9-8-11(10-19)14-12-6-4-5-7-13(12)17-18-14/h4-8H,9-10H2,1-3H3,(H,17,18). The topological polar surface area (TPSA) is 58.2 Å². The van der Waals surface area contributed by atoms with Crippen LogP contribution in [0.3, 0.4) is 0 Å². The summed E-state index contributed by atoms with van der Waals surface area (Å²) in [6, 6.07) is 7.99. The molecule has 2 aromatic rings. The van der Waals surface area contributed by atoms with Crippen LogP contribution in [0.2, 0.25) is 0 Å². The van der Waals surface area contributed by atoms with Crippen LogP contribution in [0.5, 0.6) is 0 Å². The summed E-state index contributed by atoms with van der Waals surface area (Å²) in [5.74, 6) is 0. The SMILES string of the molecule is CC(C)(C)OC(=O)N1CC=C(c2n[nH]c3ccccc23)C1. The van der Waals surface area contributed by atoms with Gasteiger partial charge in [0, 0.05) is 11.9 Å². The molecule has 1 aliphatic heterocycles. The van der Waals surface area contributed by atoms with Crippen molar-refractivity contribution in [2.24, 2.45) is 0 Å². The Balaban J connectivity index is 1.77. The van der Waals surface area contributed by atoms with E-state index in [0.717, 1.165) is 22.2 Å². The summed E-state index contributed by atoms with van der Waals surface area (Å²) in [5.41, 5.74) is 2.50. The molecule has 1 aromatic carbocycles. The second kappa shape index (κ2) is 4.91. The van der Waals surface area contributed by atoms with E-state index in [1.165, 1.54) is 0 Å². The Morgan fingerprint density at radius 1 is 1.33 bits per heavy atom. The van der Waals surface area contributed by atoms with Crippen molar-refractivity contribution in [1.82, 2.24) is 15.1 Å². The second-order valence-corrected chi connectivity index (χ2v) is 6.21. The molecule has 1 N–H and O–H groups in total. The summed E-state index contributed by atoms with van der Waals surface area (Å²) in [6.45, 7) is 6.71. The molecule has 0 atom stereocenters. The number of aromatic amines is 1. The molecule has 5 heteroatoms. The fourth-order valence-electron chi connectivity index (χ4n) is 2.40. The van der Waals surface area contributed by atoms with E-state index in [1.54, 1.807) is 4.90 Å². The number of hydrogen-bond acceptors (Lipinski definition) is 3. The Morgan fingerprint density at radius 2 is 2.10 bits per heavy atom. The zero-order valence-electron chi connectivity index (χ0n) is 12.5. The van der Waals surface area contributed by atoms with Crippen molar-refractivity contribution < 1.29 is 9.53 Å². The van der Waals surface area contributed by atoms with Gasteiger partial charge < -0.3 is 9.64 Å². The minimum Gasteiger partial charge on any atom is -0.444 e. The molecule has 1 aromatic heterocycles. The summed E-state index contributed by atoms with van der Waals surface area (Å²) >= 11 is 0. The highest BCUT2D eigenvalue weighted by Gasteiger charge is 2.27. The highest BCUT2D eigenvalue weighted by Crippen LogP contribution is 2.26. The van der Waals surface area contributed by atoms with Gasteiger partial charge in [0.05, 0.1) is 17.8 Å². The number of aromatic nitrogens is 2. The lowest BCUT2D eigenvalue weighted by molar-refractivity contribution is 0.0306. The highest BCUT2D eigenvalue weighted by atomic mass is 16.6. The fraction of sp³-hybridized carbons (Fsp3) is 0.375. The lowest BCUT2D eigenvalue weighted by Gasteiger charge is -2.24. The van der Waals surface area contributed by atoms with Gasteiger partial charge in [0.25, 0.3) is 0 Å². The Hall–Kier alpha value is -2.30. The quantitative estimate of drug-likeness (QED) is 0.875. The van der Waals surface area contributed by atoms with Crippen LogP contribution in [0.4, 0.5) is 4.79 Å². The van der Waals surface area contributed by atoms with Gasteiger partial charge in [-0.05, 0) is 32.4 Å². The molecule has 0 saturated carbocycles. The van der Waals surface area contributed by atoms with Crippen LogP contribution in [0, 0.1) is 0 Å². The first kappa shape index (κ1) is 13.7. The van der Waals surface area contributed by atoms with Crippen LogP contribution in [0.15, 0.2) is 30.3 Å². The van der Waals surface area contributed by atoms with E-state index < -0.39 is 5.60 Å². The van der Waals surface area contributed by atoms with Gasteiger partial charge in [0.15, 0.2) is 0 Å². The number of ether oxygens (including phenoxy) is 1. The maximum absolute atomic E-state index is 12.1. The van der Waals surface area contributed by atoms with Crippen LogP contribution in [-0.4, -0.2) is 39.9 Å². The van der Waals surface area contributed by atoms with Crippen molar-refractivity contribution in [2.45, 2.75) is 26.4 Å². The molecule has 0 aliphatic carbocycles. The number of nitrogens with zero attached hydrogens (tertiary/aromatic N) is 2. The average molecular weight is 285 g/mol. The number of carbonyl (C=O) groups is 1. The van der Waals surface area contributed by atoms with E-state index in [0.29, 0.717) is 13.1 Å². The van der Waals surface area contributed by atoms with E-state index in [9.17, 15) is 4.79 Å². The number of para-hydroxylation sites is 1. The van der Waals surface area contributed by atoms with Crippen molar-refractivity contribution in [3.8, 4) is 0 Å². The molecule has 0 radical (unpaired) electrons. The Kier molecular flexibility index (Phi) is 3.20. The summed E-state index contributed by atoms with van der Waals surface area (Å²) in [7, 11) is 0. The summed E-state index contributed by atoms with van der Waals surface area (Å²) in [4.78, 5) is 13.8. The van der Waals surface area contributed by atoms with Gasteiger partial charge in [-0.1, -0.05) is 24.3 Å². The normalized spacial score (nSPS) is 15.4. The molecule has 0 spiro atoms. The molecular weight excluding hydrogens is 266 g/mol. The van der Waals surface area contributed by atoms with E-state index in [-0.39, 0.29) is 6.09 Å². The number of hydrogen-bond donors (Lipinski definition) is 1. The van der Waals surface area contributed by atoms with E-state index >= 15 is 0 Å². The smallest absolute Gasteiger partial charge is 0.410 e. The third-order valence-corrected chi connectivity index (χ3v) is 3.35. The predicted octanol–water partition coefficient (Wildman–Crippen LogP) is 3.20. The molecule has 21 heavy (non-hydrogen) atoms. The van der Waals surface area contributed by atoms with Crippen LogP contribution in [0.1, 0.15) is 26.5 Å². The van der Waals surface area contributed by atoms with Gasteiger partial charge in [-0.2, -0.15) is 5.10 Å². The van der Waals surface area contributed by atoms with Crippen molar-refractivity contribution in [1.29, 1.82) is 0 Å². The van der Waals surface area contributed by atoms with Crippen molar-refractivity contribution in [3.05, 3.63) is 36.0 Å². The first-order valence-corrected chi connectivity index (χ1v) is 7.04. The number of carbonyl (C=O) groups excluding carboxylic acids is 1. The Bertz CT molecular complexity index is 710. The van der Waals surface area contributed by atoms with Gasteiger partial charge in [0.1, 0.15) is 5.60 Å². The number of nitrogens with one attached hydrogen (secondary N) is 1. The Labute approximate surface area is 123 Å². The van der Waals surface area contributed by atoms with Crippen LogP contribution in [-0.2, 0) is 4.74 Å². The molecule has 3 rings (SSSR count). The number of amides is 1. The maximum atomic E-state index is 12.1. The molecule has 5 nitrogen and oxygen atoms in total. The molecule has 2 heterocycles. The van der Waals surface area contributed by atoms with E-state index in [1.807, 2.05) is 51.1 Å². The largest absolute Gasteiger partial charge is 0.444 e. The number of fused-ring (bicyclic) bond motifs is 1. The van der Waals surface area contributed by atoms with Crippen LogP contribution < -0.4 is 0 Å². The molecule has 0 bridgehead atoms. The lowest BCUT2D eigenvalue weighted by atomic mass is 10.1. The fourth-order valence-corrected chi connectivity index (χ4v) is 2.40. The van der Waals surface area contributed by atoms with Gasteiger partial charge in [-0.25, -0.2) is 4.79 Å². The third kappa shape index (κ3) is 2.77. The molecule has 110 valence electrons. The first-order chi connectivity index (χ1) is 9.94. The van der Waals surface area contributed by atoms with Gasteiger partial charge >= 0.3 is 6.09 Å². The Morgan fingerprint density at radius 3 is 2.86 bits per heavy atom. The van der Waals surface area contributed by atoms with Crippen molar-refractivity contribution >= 4 is 22.6 Å². The zero-order valence-corrected chi connectivity index (χ0v) is 12.5. The minimum absolute atomic E-state index is 0.284. The molecule has 0 unspecified atom stereocenters. The highest BCUT2D eigenvalue weighted by molar-refractivity contribution is 5.92. The van der Waals surface area contributed by atoms with Crippen LogP contribution in [0.25, 0.3) is 16.5 Å². The molecule has 1 aliphatic rings. The lowest BCUT2D eigenvalue weighted by Crippen LogP contribution is -2.35. The number of benzene rings is 1. The van der Waals surface area contributed by atoms with Gasteiger partial charge in [-0.3, -0.25) is 5.10 Å². The van der Waals surface area contributed by atoms with Crippen molar-refractivity contribution in [2.75, 3.05) is 13.1 Å². The predicted molar refractivity (Wildman–Crippen MR) is 81.9 cm³/mol. The number of H-pyrrole nitrogens is 1. The van der Waals surface area contributed by atoms with Crippen LogP contribution >= 0.6 is 0 Å². The van der Waals surface area contributed by atoms with E-state index in [4.69, 9.17) is 4.74 Å². The van der Waals surface area contributed by atoms with Crippen molar-refractivity contribution in [3.63, 3.8) is 0 Å². The van der Waals surface area contributed by atoms with Gasteiger partial charge in [-0.15, -0.1) is 0 Å². The summed E-state index contributed by atoms with van der Waals surface area (Å²) in [5, 5.41) is 8.47.